The molecule has 46 valence electrons. The molecule has 0 aromatic rings. The molecule has 0 saturated heterocycles. The minimum absolute atomic E-state index is 0.212. The average molecular weight is 172 g/mol. The maximum Gasteiger partial charge on any atom is 0.138 e. The minimum Gasteiger partial charge on any atom is -0.197 e. The van der Waals surface area contributed by atoms with Gasteiger partial charge in [0, 0.05) is 5.88 Å². The highest BCUT2D eigenvalue weighted by atomic mass is 35.5. The van der Waals surface area contributed by atoms with E-state index in [4.69, 9.17) is 40.1 Å². The van der Waals surface area contributed by atoms with E-state index in [0.29, 0.717) is 0 Å². The SMILES string of the molecule is N#C[C@@H](Cl)[C@H](Cl)CCl. The van der Waals surface area contributed by atoms with Crippen molar-refractivity contribution in [1.82, 2.24) is 0 Å². The van der Waals surface area contributed by atoms with Gasteiger partial charge in [-0.15, -0.1) is 34.8 Å². The molecule has 8 heavy (non-hydrogen) atoms. The predicted octanol–water partition coefficient (Wildman–Crippen LogP) is 1.96. The van der Waals surface area contributed by atoms with Crippen LogP contribution >= 0.6 is 34.8 Å². The summed E-state index contributed by atoms with van der Waals surface area (Å²) in [5.41, 5.74) is 0. The van der Waals surface area contributed by atoms with Gasteiger partial charge in [0.1, 0.15) is 5.38 Å². The van der Waals surface area contributed by atoms with Crippen LogP contribution in [0.3, 0.4) is 0 Å². The van der Waals surface area contributed by atoms with Crippen molar-refractivity contribution in [2.45, 2.75) is 10.8 Å². The number of nitriles is 1. The van der Waals surface area contributed by atoms with Crippen LogP contribution < -0.4 is 0 Å². The lowest BCUT2D eigenvalue weighted by Gasteiger charge is -2.01. The molecule has 0 N–H and O–H groups in total. The molecule has 0 rings (SSSR count). The van der Waals surface area contributed by atoms with Crippen molar-refractivity contribution in [3.05, 3.63) is 0 Å². The van der Waals surface area contributed by atoms with Crippen LogP contribution in [0.2, 0.25) is 0 Å². The Bertz CT molecular complexity index is 97.9. The second-order valence-electron chi connectivity index (χ2n) is 1.20. The van der Waals surface area contributed by atoms with Crippen molar-refractivity contribution in [3.8, 4) is 6.07 Å². The molecule has 4 heteroatoms. The Hall–Kier alpha value is 0.360. The first-order valence-electron chi connectivity index (χ1n) is 1.96. The maximum absolute atomic E-state index is 8.11. The zero-order valence-corrected chi connectivity index (χ0v) is 6.21. The van der Waals surface area contributed by atoms with Gasteiger partial charge in [-0.2, -0.15) is 5.26 Å². The maximum atomic E-state index is 8.11. The van der Waals surface area contributed by atoms with Gasteiger partial charge >= 0.3 is 0 Å². The van der Waals surface area contributed by atoms with Crippen molar-refractivity contribution < 1.29 is 0 Å². The standard InChI is InChI=1S/C4H4Cl3N/c5-1-3(6)4(7)2-8/h3-4H,1H2/t3-,4-/m1/s1. The van der Waals surface area contributed by atoms with E-state index < -0.39 is 10.8 Å². The van der Waals surface area contributed by atoms with E-state index in [1.54, 1.807) is 6.07 Å². The molecule has 0 aliphatic heterocycles. The zero-order chi connectivity index (χ0) is 6.57. The molecule has 0 aliphatic rings. The number of hydrogen-bond acceptors (Lipinski definition) is 1. The molecule has 0 amide bonds. The highest BCUT2D eigenvalue weighted by Crippen LogP contribution is 2.09. The summed E-state index contributed by atoms with van der Waals surface area (Å²) in [7, 11) is 0. The molecule has 0 aromatic carbocycles. The third-order valence-electron chi connectivity index (χ3n) is 0.588. The van der Waals surface area contributed by atoms with Crippen LogP contribution in [-0.4, -0.2) is 16.6 Å². The minimum atomic E-state index is -0.672. The molecule has 0 aromatic heterocycles. The van der Waals surface area contributed by atoms with E-state index in [-0.39, 0.29) is 5.88 Å². The van der Waals surface area contributed by atoms with Gasteiger partial charge in [0.05, 0.1) is 11.4 Å². The molecule has 1 nitrogen and oxygen atoms in total. The summed E-state index contributed by atoms with van der Waals surface area (Å²) in [5, 5.41) is 7.00. The molecule has 0 fully saturated rings. The second kappa shape index (κ2) is 4.26. The molecular weight excluding hydrogens is 168 g/mol. The molecule has 0 bridgehead atoms. The average Bonchev–Trinajstić information content (AvgIpc) is 1.84. The third-order valence-corrected chi connectivity index (χ3v) is 2.02. The van der Waals surface area contributed by atoms with E-state index in [9.17, 15) is 0 Å². The van der Waals surface area contributed by atoms with Gasteiger partial charge in [0.15, 0.2) is 0 Å². The lowest BCUT2D eigenvalue weighted by molar-refractivity contribution is 0.993. The van der Waals surface area contributed by atoms with Gasteiger partial charge in [0.25, 0.3) is 0 Å². The fourth-order valence-electron chi connectivity index (χ4n) is 0.159. The summed E-state index contributed by atoms with van der Waals surface area (Å²) in [6.45, 7) is 0. The molecule has 0 aliphatic carbocycles. The summed E-state index contributed by atoms with van der Waals surface area (Å²) >= 11 is 16.0. The predicted molar refractivity (Wildman–Crippen MR) is 35.6 cm³/mol. The number of nitrogens with zero attached hydrogens (tertiary/aromatic N) is 1. The Morgan fingerprint density at radius 2 is 2.00 bits per heavy atom. The Labute approximate surface area is 63.1 Å². The number of halogens is 3. The first kappa shape index (κ1) is 8.36. The lowest BCUT2D eigenvalue weighted by atomic mass is 10.3. The van der Waals surface area contributed by atoms with E-state index in [2.05, 4.69) is 0 Å². The van der Waals surface area contributed by atoms with Crippen molar-refractivity contribution >= 4 is 34.8 Å². The lowest BCUT2D eigenvalue weighted by Crippen LogP contribution is -2.13. The number of hydrogen-bond donors (Lipinski definition) is 0. The van der Waals surface area contributed by atoms with Crippen LogP contribution in [0.25, 0.3) is 0 Å². The smallest absolute Gasteiger partial charge is 0.138 e. The van der Waals surface area contributed by atoms with Gasteiger partial charge in [-0.05, 0) is 0 Å². The van der Waals surface area contributed by atoms with Gasteiger partial charge in [-0.3, -0.25) is 0 Å². The molecule has 0 radical (unpaired) electrons. The summed E-state index contributed by atoms with van der Waals surface area (Å²) in [5.74, 6) is 0.212. The Morgan fingerprint density at radius 1 is 1.50 bits per heavy atom. The van der Waals surface area contributed by atoms with Crippen LogP contribution in [0.15, 0.2) is 0 Å². The second-order valence-corrected chi connectivity index (χ2v) is 2.54. The van der Waals surface area contributed by atoms with Gasteiger partial charge in [-0.1, -0.05) is 0 Å². The van der Waals surface area contributed by atoms with Crippen LogP contribution in [0.1, 0.15) is 0 Å². The van der Waals surface area contributed by atoms with E-state index in [1.165, 1.54) is 0 Å². The van der Waals surface area contributed by atoms with Crippen molar-refractivity contribution in [3.63, 3.8) is 0 Å². The first-order chi connectivity index (χ1) is 3.72. The van der Waals surface area contributed by atoms with Crippen molar-refractivity contribution in [1.29, 1.82) is 5.26 Å². The van der Waals surface area contributed by atoms with E-state index >= 15 is 0 Å². The zero-order valence-electron chi connectivity index (χ0n) is 3.94. The van der Waals surface area contributed by atoms with Crippen molar-refractivity contribution in [2.75, 3.05) is 5.88 Å². The molecule has 0 heterocycles. The van der Waals surface area contributed by atoms with Gasteiger partial charge in [0.2, 0.25) is 0 Å². The van der Waals surface area contributed by atoms with Crippen LogP contribution in [-0.2, 0) is 0 Å². The quantitative estimate of drug-likeness (QED) is 0.584. The highest BCUT2D eigenvalue weighted by Gasteiger charge is 2.13. The van der Waals surface area contributed by atoms with E-state index in [0.717, 1.165) is 0 Å². The topological polar surface area (TPSA) is 23.8 Å². The monoisotopic (exact) mass is 171 g/mol. The summed E-state index contributed by atoms with van der Waals surface area (Å²) in [6, 6.07) is 1.76. The Balaban J connectivity index is 3.49. The highest BCUT2D eigenvalue weighted by molar-refractivity contribution is 6.34. The molecule has 0 spiro atoms. The molecule has 2 atom stereocenters. The Kier molecular flexibility index (Phi) is 4.45. The van der Waals surface area contributed by atoms with Gasteiger partial charge in [-0.25, -0.2) is 0 Å². The molecule has 0 unspecified atom stereocenters. The van der Waals surface area contributed by atoms with Crippen LogP contribution in [0.4, 0.5) is 0 Å². The summed E-state index contributed by atoms with van der Waals surface area (Å²) < 4.78 is 0. The van der Waals surface area contributed by atoms with Gasteiger partial charge < -0.3 is 0 Å². The fourth-order valence-corrected chi connectivity index (χ4v) is 0.574. The number of alkyl halides is 3. The number of rotatable bonds is 2. The van der Waals surface area contributed by atoms with Crippen LogP contribution in [0, 0.1) is 11.3 Å². The molecular formula is C4H4Cl3N. The summed E-state index contributed by atoms with van der Waals surface area (Å²) in [6.07, 6.45) is 0. The Morgan fingerprint density at radius 3 is 2.12 bits per heavy atom. The van der Waals surface area contributed by atoms with Crippen molar-refractivity contribution in [2.24, 2.45) is 0 Å². The largest absolute Gasteiger partial charge is 0.197 e. The normalized spacial score (nSPS) is 16.8. The third kappa shape index (κ3) is 2.61. The summed E-state index contributed by atoms with van der Waals surface area (Å²) in [4.78, 5) is 0. The fraction of sp³-hybridized carbons (Fsp3) is 0.750. The van der Waals surface area contributed by atoms with E-state index in [1.807, 2.05) is 0 Å². The molecule has 0 saturated carbocycles. The first-order valence-corrected chi connectivity index (χ1v) is 3.36. The van der Waals surface area contributed by atoms with Crippen LogP contribution in [0.5, 0.6) is 0 Å².